The molecule has 1 fully saturated rings. The maximum absolute atomic E-state index is 12.7. The number of amides is 1. The van der Waals surface area contributed by atoms with Gasteiger partial charge >= 0.3 is 12.1 Å². The van der Waals surface area contributed by atoms with Gasteiger partial charge in [0.15, 0.2) is 0 Å². The Bertz CT molecular complexity index is 598. The van der Waals surface area contributed by atoms with Crippen LogP contribution in [0, 0.1) is 5.92 Å². The molecule has 144 valence electrons. The lowest BCUT2D eigenvalue weighted by Crippen LogP contribution is -2.50. The molecule has 2 atom stereocenters. The first-order valence-electron chi connectivity index (χ1n) is 9.26. The number of rotatable bonds is 5. The molecule has 0 aromatic carbocycles. The van der Waals surface area contributed by atoms with Crippen molar-refractivity contribution in [1.29, 1.82) is 0 Å². The van der Waals surface area contributed by atoms with Gasteiger partial charge in [-0.15, -0.1) is 0 Å². The van der Waals surface area contributed by atoms with Gasteiger partial charge in [-0.25, -0.2) is 4.79 Å². The molecule has 1 aromatic rings. The van der Waals surface area contributed by atoms with Crippen LogP contribution in [0.4, 0.5) is 4.79 Å². The number of aromatic nitrogens is 1. The fraction of sp³-hybridized carbons (Fsp3) is 0.650. The molecule has 6 nitrogen and oxygen atoms in total. The number of nitrogens with zero attached hydrogens (tertiary/aromatic N) is 2. The van der Waals surface area contributed by atoms with E-state index in [9.17, 15) is 9.59 Å². The van der Waals surface area contributed by atoms with Crippen molar-refractivity contribution in [3.63, 3.8) is 0 Å². The van der Waals surface area contributed by atoms with Gasteiger partial charge in [-0.1, -0.05) is 6.07 Å². The topological polar surface area (TPSA) is 68.7 Å². The second-order valence-electron chi connectivity index (χ2n) is 7.80. The van der Waals surface area contributed by atoms with Crippen molar-refractivity contribution in [3.8, 4) is 0 Å². The average molecular weight is 362 g/mol. The van der Waals surface area contributed by atoms with Gasteiger partial charge in [0.2, 0.25) is 0 Å². The maximum atomic E-state index is 12.7. The Hall–Kier alpha value is -2.11. The van der Waals surface area contributed by atoms with Gasteiger partial charge in [0.05, 0.1) is 13.5 Å². The predicted molar refractivity (Wildman–Crippen MR) is 98.6 cm³/mol. The Kier molecular flexibility index (Phi) is 7.00. The number of pyridine rings is 1. The van der Waals surface area contributed by atoms with E-state index in [-0.39, 0.29) is 30.4 Å². The van der Waals surface area contributed by atoms with Crippen molar-refractivity contribution < 1.29 is 19.1 Å². The molecule has 2 heterocycles. The molecule has 1 amide bonds. The number of esters is 1. The Balaban J connectivity index is 2.21. The zero-order valence-electron chi connectivity index (χ0n) is 16.2. The molecule has 26 heavy (non-hydrogen) atoms. The number of carbonyl (C=O) groups is 2. The van der Waals surface area contributed by atoms with Gasteiger partial charge in [-0.05, 0) is 64.5 Å². The number of ether oxygens (including phenoxy) is 2. The summed E-state index contributed by atoms with van der Waals surface area (Å²) in [5.74, 6) is -0.314. The summed E-state index contributed by atoms with van der Waals surface area (Å²) in [6, 6.07) is 5.70. The van der Waals surface area contributed by atoms with Crippen LogP contribution in [0.1, 0.15) is 52.1 Å². The molecule has 2 unspecified atom stereocenters. The number of hydrogen-bond acceptors (Lipinski definition) is 5. The van der Waals surface area contributed by atoms with Crippen LogP contribution >= 0.6 is 0 Å². The molecule has 2 rings (SSSR count). The summed E-state index contributed by atoms with van der Waals surface area (Å²) in [6.07, 6.45) is 5.16. The molecule has 1 aliphatic rings. The first-order chi connectivity index (χ1) is 12.3. The van der Waals surface area contributed by atoms with Gasteiger partial charge in [-0.2, -0.15) is 0 Å². The van der Waals surface area contributed by atoms with Crippen LogP contribution in [0.3, 0.4) is 0 Å². The van der Waals surface area contributed by atoms with Crippen LogP contribution in [-0.2, 0) is 20.7 Å². The van der Waals surface area contributed by atoms with Crippen LogP contribution in [-0.4, -0.2) is 47.2 Å². The lowest BCUT2D eigenvalue weighted by molar-refractivity contribution is -0.142. The maximum Gasteiger partial charge on any atom is 0.410 e. The molecular weight excluding hydrogens is 332 g/mol. The molecule has 1 saturated heterocycles. The lowest BCUT2D eigenvalue weighted by Gasteiger charge is -2.40. The average Bonchev–Trinajstić information content (AvgIpc) is 2.60. The third kappa shape index (κ3) is 6.00. The number of carbonyl (C=O) groups excluding carboxylic acids is 2. The van der Waals surface area contributed by atoms with E-state index in [1.807, 2.05) is 39.0 Å². The highest BCUT2D eigenvalue weighted by Crippen LogP contribution is 2.29. The van der Waals surface area contributed by atoms with Crippen molar-refractivity contribution in [2.24, 2.45) is 5.92 Å². The normalized spacial score (nSPS) is 18.9. The first kappa shape index (κ1) is 20.2. The van der Waals surface area contributed by atoms with Crippen molar-refractivity contribution in [3.05, 3.63) is 30.1 Å². The molecule has 0 spiro atoms. The van der Waals surface area contributed by atoms with E-state index in [1.165, 1.54) is 7.11 Å². The van der Waals surface area contributed by atoms with E-state index in [2.05, 4.69) is 4.98 Å². The van der Waals surface area contributed by atoms with E-state index in [1.54, 1.807) is 11.1 Å². The molecule has 0 radical (unpaired) electrons. The summed E-state index contributed by atoms with van der Waals surface area (Å²) in [6.45, 7) is 6.25. The van der Waals surface area contributed by atoms with E-state index in [0.717, 1.165) is 25.0 Å². The SMILES string of the molecule is COC(=O)CC(Cc1ccccn1)C1CCCCN1C(=O)OC(C)(C)C. The van der Waals surface area contributed by atoms with Crippen molar-refractivity contribution in [2.75, 3.05) is 13.7 Å². The molecule has 1 aromatic heterocycles. The minimum Gasteiger partial charge on any atom is -0.469 e. The van der Waals surface area contributed by atoms with Gasteiger partial charge in [0.25, 0.3) is 0 Å². The summed E-state index contributed by atoms with van der Waals surface area (Å²) in [7, 11) is 1.40. The summed E-state index contributed by atoms with van der Waals surface area (Å²) in [5.41, 5.74) is 0.369. The molecule has 0 bridgehead atoms. The Labute approximate surface area is 155 Å². The summed E-state index contributed by atoms with van der Waals surface area (Å²) < 4.78 is 10.5. The molecule has 0 saturated carbocycles. The Morgan fingerprint density at radius 1 is 1.31 bits per heavy atom. The second-order valence-corrected chi connectivity index (χ2v) is 7.80. The van der Waals surface area contributed by atoms with E-state index in [4.69, 9.17) is 9.47 Å². The quantitative estimate of drug-likeness (QED) is 0.749. The van der Waals surface area contributed by atoms with Crippen molar-refractivity contribution >= 4 is 12.1 Å². The second kappa shape index (κ2) is 9.01. The summed E-state index contributed by atoms with van der Waals surface area (Å²) in [4.78, 5) is 30.9. The number of hydrogen-bond donors (Lipinski definition) is 0. The molecule has 0 N–H and O–H groups in total. The number of likely N-dealkylation sites (tertiary alicyclic amines) is 1. The van der Waals surface area contributed by atoms with Gasteiger partial charge in [0, 0.05) is 24.5 Å². The van der Waals surface area contributed by atoms with Crippen LogP contribution in [0.2, 0.25) is 0 Å². The van der Waals surface area contributed by atoms with Gasteiger partial charge < -0.3 is 14.4 Å². The Morgan fingerprint density at radius 2 is 2.08 bits per heavy atom. The van der Waals surface area contributed by atoms with Crippen molar-refractivity contribution in [2.45, 2.75) is 64.5 Å². The zero-order valence-corrected chi connectivity index (χ0v) is 16.2. The van der Waals surface area contributed by atoms with Gasteiger partial charge in [-0.3, -0.25) is 9.78 Å². The van der Waals surface area contributed by atoms with Crippen LogP contribution in [0.25, 0.3) is 0 Å². The van der Waals surface area contributed by atoms with Crippen LogP contribution in [0.15, 0.2) is 24.4 Å². The smallest absolute Gasteiger partial charge is 0.410 e. The fourth-order valence-electron chi connectivity index (χ4n) is 3.42. The largest absolute Gasteiger partial charge is 0.469 e. The van der Waals surface area contributed by atoms with Crippen LogP contribution in [0.5, 0.6) is 0 Å². The number of piperidine rings is 1. The fourth-order valence-corrected chi connectivity index (χ4v) is 3.42. The van der Waals surface area contributed by atoms with E-state index >= 15 is 0 Å². The summed E-state index contributed by atoms with van der Waals surface area (Å²) >= 11 is 0. The third-order valence-electron chi connectivity index (χ3n) is 4.58. The monoisotopic (exact) mass is 362 g/mol. The van der Waals surface area contributed by atoms with E-state index in [0.29, 0.717) is 13.0 Å². The third-order valence-corrected chi connectivity index (χ3v) is 4.58. The minimum absolute atomic E-state index is 0.0508. The number of methoxy groups -OCH3 is 1. The van der Waals surface area contributed by atoms with Gasteiger partial charge in [0.1, 0.15) is 5.60 Å². The minimum atomic E-state index is -0.544. The highest BCUT2D eigenvalue weighted by atomic mass is 16.6. The van der Waals surface area contributed by atoms with Crippen LogP contribution < -0.4 is 0 Å². The van der Waals surface area contributed by atoms with E-state index < -0.39 is 5.60 Å². The zero-order chi connectivity index (χ0) is 19.2. The highest BCUT2D eigenvalue weighted by Gasteiger charge is 2.36. The molecule has 1 aliphatic heterocycles. The molecular formula is C20H30N2O4. The first-order valence-corrected chi connectivity index (χ1v) is 9.26. The summed E-state index contributed by atoms with van der Waals surface area (Å²) in [5, 5.41) is 0. The standard InChI is InChI=1S/C20H30N2O4/c1-20(2,3)26-19(24)22-12-8-6-10-17(22)15(14-18(23)25-4)13-16-9-5-7-11-21-16/h5,7,9,11,15,17H,6,8,10,12-14H2,1-4H3. The predicted octanol–water partition coefficient (Wildman–Crippen LogP) is 3.59. The molecule has 0 aliphatic carbocycles. The molecule has 6 heteroatoms. The van der Waals surface area contributed by atoms with Crippen molar-refractivity contribution in [1.82, 2.24) is 9.88 Å². The lowest BCUT2D eigenvalue weighted by atomic mass is 9.85. The Morgan fingerprint density at radius 3 is 2.69 bits per heavy atom. The highest BCUT2D eigenvalue weighted by molar-refractivity contribution is 5.71.